The minimum absolute atomic E-state index is 0.359. The Morgan fingerprint density at radius 1 is 1.50 bits per heavy atom. The van der Waals surface area contributed by atoms with Crippen LogP contribution in [0.1, 0.15) is 37.5 Å². The average molecular weight is 257 g/mol. The standard InChI is InChI=1S/C11H13ClN2OS/c12-11-9(10(15)7-3-1-2-4-7)14-6-13-5-8(14)16-11/h5-7,10,15H,1-4H2. The third-order valence-electron chi connectivity index (χ3n) is 3.39. The number of rotatable bonds is 2. The maximum atomic E-state index is 10.4. The van der Waals surface area contributed by atoms with E-state index in [1.54, 1.807) is 12.5 Å². The van der Waals surface area contributed by atoms with Gasteiger partial charge < -0.3 is 5.11 Å². The van der Waals surface area contributed by atoms with Gasteiger partial charge in [-0.3, -0.25) is 4.40 Å². The zero-order valence-corrected chi connectivity index (χ0v) is 10.3. The Hall–Kier alpha value is -0.580. The highest BCUT2D eigenvalue weighted by Crippen LogP contribution is 2.40. The molecule has 0 aliphatic heterocycles. The van der Waals surface area contributed by atoms with Crippen molar-refractivity contribution in [3.8, 4) is 0 Å². The molecule has 1 atom stereocenters. The number of aliphatic hydroxyl groups is 1. The summed E-state index contributed by atoms with van der Waals surface area (Å²) in [5.74, 6) is 0.359. The fourth-order valence-corrected chi connectivity index (χ4v) is 3.84. The summed E-state index contributed by atoms with van der Waals surface area (Å²) >= 11 is 7.67. The van der Waals surface area contributed by atoms with Crippen molar-refractivity contribution in [2.24, 2.45) is 5.92 Å². The summed E-state index contributed by atoms with van der Waals surface area (Å²) in [6.07, 6.45) is 7.70. The van der Waals surface area contributed by atoms with Crippen molar-refractivity contribution in [1.29, 1.82) is 0 Å². The van der Waals surface area contributed by atoms with Gasteiger partial charge in [0.1, 0.15) is 15.5 Å². The lowest BCUT2D eigenvalue weighted by molar-refractivity contribution is 0.107. The summed E-state index contributed by atoms with van der Waals surface area (Å²) in [6, 6.07) is 0. The van der Waals surface area contributed by atoms with Crippen LogP contribution in [0.4, 0.5) is 0 Å². The van der Waals surface area contributed by atoms with Gasteiger partial charge in [0, 0.05) is 0 Å². The van der Waals surface area contributed by atoms with Gasteiger partial charge in [-0.15, -0.1) is 11.3 Å². The highest BCUT2D eigenvalue weighted by Gasteiger charge is 2.28. The molecule has 86 valence electrons. The van der Waals surface area contributed by atoms with Gasteiger partial charge in [0.25, 0.3) is 0 Å². The SMILES string of the molecule is OC(c1c(Cl)sc2cncn12)C1CCCC1. The lowest BCUT2D eigenvalue weighted by atomic mass is 9.99. The number of aromatic nitrogens is 2. The molecule has 2 aromatic rings. The Morgan fingerprint density at radius 3 is 3.00 bits per heavy atom. The van der Waals surface area contributed by atoms with Crippen molar-refractivity contribution in [1.82, 2.24) is 9.38 Å². The number of thiazole rings is 1. The molecule has 1 aliphatic carbocycles. The van der Waals surface area contributed by atoms with E-state index in [-0.39, 0.29) is 0 Å². The molecule has 0 saturated heterocycles. The van der Waals surface area contributed by atoms with Crippen LogP contribution in [0.2, 0.25) is 4.34 Å². The smallest absolute Gasteiger partial charge is 0.121 e. The van der Waals surface area contributed by atoms with E-state index >= 15 is 0 Å². The fraction of sp³-hybridized carbons (Fsp3) is 0.545. The van der Waals surface area contributed by atoms with Crippen molar-refractivity contribution in [3.63, 3.8) is 0 Å². The number of nitrogens with zero attached hydrogens (tertiary/aromatic N) is 2. The second-order valence-electron chi connectivity index (χ2n) is 4.35. The molecule has 0 amide bonds. The normalized spacial score (nSPS) is 19.6. The Labute approximate surface area is 103 Å². The molecule has 0 aromatic carbocycles. The first-order chi connectivity index (χ1) is 7.77. The van der Waals surface area contributed by atoms with Crippen LogP contribution in [0.3, 0.4) is 0 Å². The highest BCUT2D eigenvalue weighted by molar-refractivity contribution is 7.21. The first-order valence-electron chi connectivity index (χ1n) is 5.55. The van der Waals surface area contributed by atoms with Crippen LogP contribution < -0.4 is 0 Å². The Balaban J connectivity index is 2.02. The molecule has 16 heavy (non-hydrogen) atoms. The van der Waals surface area contributed by atoms with Crippen molar-refractivity contribution < 1.29 is 5.11 Å². The van der Waals surface area contributed by atoms with E-state index in [0.29, 0.717) is 10.3 Å². The molecule has 3 nitrogen and oxygen atoms in total. The van der Waals surface area contributed by atoms with Crippen LogP contribution in [-0.2, 0) is 0 Å². The lowest BCUT2D eigenvalue weighted by Crippen LogP contribution is -2.11. The summed E-state index contributed by atoms with van der Waals surface area (Å²) in [5, 5.41) is 10.4. The molecule has 5 heteroatoms. The lowest BCUT2D eigenvalue weighted by Gasteiger charge is -2.17. The molecule has 0 spiro atoms. The monoisotopic (exact) mass is 256 g/mol. The quantitative estimate of drug-likeness (QED) is 0.896. The summed E-state index contributed by atoms with van der Waals surface area (Å²) in [6.45, 7) is 0. The van der Waals surface area contributed by atoms with Crippen LogP contribution >= 0.6 is 22.9 Å². The molecule has 2 heterocycles. The second-order valence-corrected chi connectivity index (χ2v) is 5.98. The van der Waals surface area contributed by atoms with Gasteiger partial charge in [-0.1, -0.05) is 24.4 Å². The maximum absolute atomic E-state index is 10.4. The zero-order valence-electron chi connectivity index (χ0n) is 8.77. The molecule has 2 aromatic heterocycles. The molecule has 1 aliphatic rings. The van der Waals surface area contributed by atoms with Crippen LogP contribution in [0.5, 0.6) is 0 Å². The van der Waals surface area contributed by atoms with Gasteiger partial charge in [-0.2, -0.15) is 0 Å². The van der Waals surface area contributed by atoms with Gasteiger partial charge in [0.05, 0.1) is 18.0 Å². The predicted molar refractivity (Wildman–Crippen MR) is 65.0 cm³/mol. The van der Waals surface area contributed by atoms with Crippen LogP contribution in [0.15, 0.2) is 12.5 Å². The highest BCUT2D eigenvalue weighted by atomic mass is 35.5. The predicted octanol–water partition coefficient (Wildman–Crippen LogP) is 3.27. The molecular formula is C11H13ClN2OS. The number of fused-ring (bicyclic) bond motifs is 1. The molecule has 1 fully saturated rings. The van der Waals surface area contributed by atoms with Crippen LogP contribution in [0, 0.1) is 5.92 Å². The largest absolute Gasteiger partial charge is 0.386 e. The minimum Gasteiger partial charge on any atom is -0.386 e. The molecule has 0 bridgehead atoms. The van der Waals surface area contributed by atoms with Crippen molar-refractivity contribution in [2.45, 2.75) is 31.8 Å². The molecular weight excluding hydrogens is 244 g/mol. The fourth-order valence-electron chi connectivity index (χ4n) is 2.53. The summed E-state index contributed by atoms with van der Waals surface area (Å²) in [4.78, 5) is 5.07. The van der Waals surface area contributed by atoms with E-state index in [9.17, 15) is 5.11 Å². The van der Waals surface area contributed by atoms with Crippen molar-refractivity contribution >= 4 is 27.8 Å². The summed E-state index contributed by atoms with van der Waals surface area (Å²) in [5.41, 5.74) is 0.825. The maximum Gasteiger partial charge on any atom is 0.121 e. The van der Waals surface area contributed by atoms with E-state index in [1.807, 2.05) is 4.40 Å². The molecule has 0 radical (unpaired) electrons. The van der Waals surface area contributed by atoms with Gasteiger partial charge in [-0.25, -0.2) is 4.98 Å². The van der Waals surface area contributed by atoms with E-state index in [0.717, 1.165) is 23.4 Å². The van der Waals surface area contributed by atoms with Gasteiger partial charge >= 0.3 is 0 Å². The van der Waals surface area contributed by atoms with E-state index in [1.165, 1.54) is 24.2 Å². The Kier molecular flexibility index (Phi) is 2.65. The second kappa shape index (κ2) is 4.02. The summed E-state index contributed by atoms with van der Waals surface area (Å²) in [7, 11) is 0. The van der Waals surface area contributed by atoms with E-state index in [2.05, 4.69) is 4.98 Å². The zero-order chi connectivity index (χ0) is 11.1. The van der Waals surface area contributed by atoms with Crippen molar-refractivity contribution in [3.05, 3.63) is 22.6 Å². The first-order valence-corrected chi connectivity index (χ1v) is 6.75. The van der Waals surface area contributed by atoms with Crippen LogP contribution in [0.25, 0.3) is 4.83 Å². The summed E-state index contributed by atoms with van der Waals surface area (Å²) < 4.78 is 2.60. The van der Waals surface area contributed by atoms with Gasteiger partial charge in [0.2, 0.25) is 0 Å². The van der Waals surface area contributed by atoms with E-state index in [4.69, 9.17) is 11.6 Å². The number of halogens is 1. The molecule has 3 rings (SSSR count). The number of hydrogen-bond acceptors (Lipinski definition) is 3. The van der Waals surface area contributed by atoms with Crippen molar-refractivity contribution in [2.75, 3.05) is 0 Å². The number of imidazole rings is 1. The topological polar surface area (TPSA) is 37.5 Å². The van der Waals surface area contributed by atoms with E-state index < -0.39 is 6.10 Å². The molecule has 1 saturated carbocycles. The minimum atomic E-state index is -0.446. The third kappa shape index (κ3) is 1.56. The first kappa shape index (κ1) is 10.6. The van der Waals surface area contributed by atoms with Crippen LogP contribution in [-0.4, -0.2) is 14.5 Å². The van der Waals surface area contributed by atoms with Gasteiger partial charge in [0.15, 0.2) is 0 Å². The Morgan fingerprint density at radius 2 is 2.25 bits per heavy atom. The molecule has 1 N–H and O–H groups in total. The van der Waals surface area contributed by atoms with Gasteiger partial charge in [-0.05, 0) is 18.8 Å². The third-order valence-corrected chi connectivity index (χ3v) is 4.71. The Bertz CT molecular complexity index is 501. The number of aliphatic hydroxyl groups excluding tert-OH is 1. The molecule has 1 unspecified atom stereocenters. The average Bonchev–Trinajstić information content (AvgIpc) is 2.89. The number of hydrogen-bond donors (Lipinski definition) is 1.